The van der Waals surface area contributed by atoms with Gasteiger partial charge in [0.15, 0.2) is 5.82 Å². The van der Waals surface area contributed by atoms with Crippen LogP contribution in [0.3, 0.4) is 0 Å². The Balaban J connectivity index is 2.48. The molecule has 0 unspecified atom stereocenters. The minimum Gasteiger partial charge on any atom is -0.381 e. The third-order valence-corrected chi connectivity index (χ3v) is 2.89. The molecule has 2 N–H and O–H groups in total. The highest BCUT2D eigenvalue weighted by atomic mass is 79.9. The quantitative estimate of drug-likeness (QED) is 0.875. The molecular formula is C11H7BrF3N3. The highest BCUT2D eigenvalue weighted by Gasteiger charge is 2.30. The molecule has 0 bridgehead atoms. The molecule has 2 aromatic rings. The summed E-state index contributed by atoms with van der Waals surface area (Å²) in [6.45, 7) is 0. The van der Waals surface area contributed by atoms with E-state index in [9.17, 15) is 13.2 Å². The van der Waals surface area contributed by atoms with Gasteiger partial charge in [0.05, 0.1) is 15.7 Å². The Hall–Kier alpha value is -1.63. The van der Waals surface area contributed by atoms with Crippen LogP contribution in [0, 0.1) is 0 Å². The average molecular weight is 318 g/mol. The second-order valence-electron chi connectivity index (χ2n) is 3.54. The van der Waals surface area contributed by atoms with E-state index in [4.69, 9.17) is 5.73 Å². The Labute approximate surface area is 109 Å². The van der Waals surface area contributed by atoms with Gasteiger partial charge in [-0.1, -0.05) is 12.1 Å². The van der Waals surface area contributed by atoms with Gasteiger partial charge in [0.2, 0.25) is 0 Å². The minimum atomic E-state index is -4.38. The van der Waals surface area contributed by atoms with Gasteiger partial charge in [-0.15, -0.1) is 10.2 Å². The molecule has 0 saturated carbocycles. The van der Waals surface area contributed by atoms with Crippen LogP contribution >= 0.6 is 15.9 Å². The standard InChI is InChI=1S/C11H7BrF3N3/c12-8-5-9(17-18-10(8)16)6-2-1-3-7(4-6)11(13,14)15/h1-5H,(H2,16,18). The second kappa shape index (κ2) is 4.56. The van der Waals surface area contributed by atoms with Crippen LogP contribution in [0.15, 0.2) is 34.8 Å². The fraction of sp³-hybridized carbons (Fsp3) is 0.0909. The molecule has 1 aromatic heterocycles. The van der Waals surface area contributed by atoms with Crippen LogP contribution in [-0.4, -0.2) is 10.2 Å². The number of hydrogen-bond donors (Lipinski definition) is 1. The molecule has 18 heavy (non-hydrogen) atoms. The van der Waals surface area contributed by atoms with Gasteiger partial charge < -0.3 is 5.73 Å². The Kier molecular flexibility index (Phi) is 3.25. The Morgan fingerprint density at radius 2 is 1.83 bits per heavy atom. The van der Waals surface area contributed by atoms with Gasteiger partial charge in [-0.2, -0.15) is 13.2 Å². The average Bonchev–Trinajstić information content (AvgIpc) is 2.32. The Morgan fingerprint density at radius 1 is 1.11 bits per heavy atom. The van der Waals surface area contributed by atoms with Crippen molar-refractivity contribution in [3.05, 3.63) is 40.4 Å². The molecule has 3 nitrogen and oxygen atoms in total. The van der Waals surface area contributed by atoms with E-state index < -0.39 is 11.7 Å². The molecule has 0 fully saturated rings. The third kappa shape index (κ3) is 2.61. The molecule has 0 saturated heterocycles. The monoisotopic (exact) mass is 317 g/mol. The Morgan fingerprint density at radius 3 is 2.44 bits per heavy atom. The molecule has 0 spiro atoms. The molecule has 0 radical (unpaired) electrons. The summed E-state index contributed by atoms with van der Waals surface area (Å²) in [4.78, 5) is 0. The van der Waals surface area contributed by atoms with Gasteiger partial charge in [-0.25, -0.2) is 0 Å². The summed E-state index contributed by atoms with van der Waals surface area (Å²) in [5.74, 6) is 0.186. The number of halogens is 4. The molecule has 0 amide bonds. The summed E-state index contributed by atoms with van der Waals surface area (Å²) < 4.78 is 38.2. The maximum Gasteiger partial charge on any atom is 0.416 e. The molecule has 0 aliphatic heterocycles. The third-order valence-electron chi connectivity index (χ3n) is 2.26. The van der Waals surface area contributed by atoms with Gasteiger partial charge >= 0.3 is 6.18 Å². The van der Waals surface area contributed by atoms with E-state index in [1.807, 2.05) is 0 Å². The highest BCUT2D eigenvalue weighted by molar-refractivity contribution is 9.10. The summed E-state index contributed by atoms with van der Waals surface area (Å²) in [6, 6.07) is 6.40. The van der Waals surface area contributed by atoms with Gasteiger partial charge in [0.25, 0.3) is 0 Å². The lowest BCUT2D eigenvalue weighted by molar-refractivity contribution is -0.137. The fourth-order valence-corrected chi connectivity index (χ4v) is 1.67. The molecule has 0 aliphatic rings. The molecule has 7 heteroatoms. The molecule has 94 valence electrons. The number of anilines is 1. The maximum absolute atomic E-state index is 12.6. The van der Waals surface area contributed by atoms with Gasteiger partial charge in [0, 0.05) is 5.56 Å². The van der Waals surface area contributed by atoms with E-state index >= 15 is 0 Å². The van der Waals surface area contributed by atoms with E-state index in [2.05, 4.69) is 26.1 Å². The van der Waals surface area contributed by atoms with Crippen molar-refractivity contribution in [1.29, 1.82) is 0 Å². The number of nitrogens with zero attached hydrogens (tertiary/aromatic N) is 2. The number of alkyl halides is 3. The zero-order valence-corrected chi connectivity index (χ0v) is 10.5. The minimum absolute atomic E-state index is 0.186. The first-order valence-corrected chi connectivity index (χ1v) is 5.63. The van der Waals surface area contributed by atoms with Crippen LogP contribution in [0.25, 0.3) is 11.3 Å². The van der Waals surface area contributed by atoms with E-state index in [1.165, 1.54) is 18.2 Å². The normalized spacial score (nSPS) is 11.6. The predicted octanol–water partition coefficient (Wildman–Crippen LogP) is 3.51. The van der Waals surface area contributed by atoms with E-state index in [0.29, 0.717) is 15.7 Å². The van der Waals surface area contributed by atoms with Gasteiger partial charge in [-0.05, 0) is 34.1 Å². The predicted molar refractivity (Wildman–Crippen MR) is 64.6 cm³/mol. The van der Waals surface area contributed by atoms with Gasteiger partial charge in [-0.3, -0.25) is 0 Å². The summed E-state index contributed by atoms with van der Waals surface area (Å²) in [5.41, 5.74) is 5.39. The first-order valence-electron chi connectivity index (χ1n) is 4.84. The van der Waals surface area contributed by atoms with E-state index in [-0.39, 0.29) is 5.82 Å². The van der Waals surface area contributed by atoms with Crippen molar-refractivity contribution in [2.24, 2.45) is 0 Å². The molecule has 0 atom stereocenters. The van der Waals surface area contributed by atoms with Crippen LogP contribution in [0.2, 0.25) is 0 Å². The maximum atomic E-state index is 12.6. The molecular weight excluding hydrogens is 311 g/mol. The number of nitrogen functional groups attached to an aromatic ring is 1. The summed E-state index contributed by atoms with van der Waals surface area (Å²) >= 11 is 3.15. The molecule has 0 aliphatic carbocycles. The first-order chi connectivity index (χ1) is 8.38. The topological polar surface area (TPSA) is 51.8 Å². The lowest BCUT2D eigenvalue weighted by Gasteiger charge is -2.08. The number of rotatable bonds is 1. The fourth-order valence-electron chi connectivity index (χ4n) is 1.37. The first kappa shape index (κ1) is 12.8. The van der Waals surface area contributed by atoms with Crippen molar-refractivity contribution in [2.45, 2.75) is 6.18 Å². The smallest absolute Gasteiger partial charge is 0.381 e. The van der Waals surface area contributed by atoms with Crippen molar-refractivity contribution >= 4 is 21.7 Å². The van der Waals surface area contributed by atoms with Crippen LogP contribution in [0.5, 0.6) is 0 Å². The van der Waals surface area contributed by atoms with E-state index in [1.54, 1.807) is 0 Å². The number of benzene rings is 1. The summed E-state index contributed by atoms with van der Waals surface area (Å²) in [7, 11) is 0. The van der Waals surface area contributed by atoms with Crippen molar-refractivity contribution in [3.63, 3.8) is 0 Å². The van der Waals surface area contributed by atoms with Crippen molar-refractivity contribution < 1.29 is 13.2 Å². The van der Waals surface area contributed by atoms with Gasteiger partial charge in [0.1, 0.15) is 0 Å². The summed E-state index contributed by atoms with van der Waals surface area (Å²) in [5, 5.41) is 7.41. The molecule has 1 heterocycles. The summed E-state index contributed by atoms with van der Waals surface area (Å²) in [6.07, 6.45) is -4.38. The zero-order chi connectivity index (χ0) is 13.3. The largest absolute Gasteiger partial charge is 0.416 e. The lowest BCUT2D eigenvalue weighted by Crippen LogP contribution is -2.04. The number of hydrogen-bond acceptors (Lipinski definition) is 3. The number of nitrogens with two attached hydrogens (primary N) is 1. The second-order valence-corrected chi connectivity index (χ2v) is 4.40. The van der Waals surface area contributed by atoms with Crippen molar-refractivity contribution in [2.75, 3.05) is 5.73 Å². The molecule has 2 rings (SSSR count). The van der Waals surface area contributed by atoms with Crippen LogP contribution in [0.1, 0.15) is 5.56 Å². The van der Waals surface area contributed by atoms with Crippen LogP contribution in [0.4, 0.5) is 19.0 Å². The van der Waals surface area contributed by atoms with Crippen LogP contribution < -0.4 is 5.73 Å². The lowest BCUT2D eigenvalue weighted by atomic mass is 10.1. The Bertz CT molecular complexity index is 584. The van der Waals surface area contributed by atoms with Crippen LogP contribution in [-0.2, 0) is 6.18 Å². The molecule has 1 aromatic carbocycles. The SMILES string of the molecule is Nc1nnc(-c2cccc(C(F)(F)F)c2)cc1Br. The highest BCUT2D eigenvalue weighted by Crippen LogP contribution is 2.32. The van der Waals surface area contributed by atoms with E-state index in [0.717, 1.165) is 12.1 Å². The van der Waals surface area contributed by atoms with Crippen molar-refractivity contribution in [3.8, 4) is 11.3 Å². The zero-order valence-electron chi connectivity index (χ0n) is 8.87. The number of aromatic nitrogens is 2. The van der Waals surface area contributed by atoms with Crippen molar-refractivity contribution in [1.82, 2.24) is 10.2 Å².